The van der Waals surface area contributed by atoms with Gasteiger partial charge in [-0.25, -0.2) is 9.69 Å². The second kappa shape index (κ2) is 8.28. The van der Waals surface area contributed by atoms with Crippen LogP contribution in [0.25, 0.3) is 0 Å². The van der Waals surface area contributed by atoms with Crippen molar-refractivity contribution in [2.45, 2.75) is 109 Å². The SMILES string of the molecule is CC(C)(C)OC(=O)N1C(=O)CC[C@@H](O[Si](C)(C)C(C)(C)C)[C@@H]1CC1(C)OCCO1. The second-order valence-corrected chi connectivity index (χ2v) is 15.6. The summed E-state index contributed by atoms with van der Waals surface area (Å²) in [5.74, 6) is -1.08. The predicted molar refractivity (Wildman–Crippen MR) is 113 cm³/mol. The maximum Gasteiger partial charge on any atom is 0.417 e. The number of nitrogens with zero attached hydrogens (tertiary/aromatic N) is 1. The molecule has 0 saturated carbocycles. The molecule has 29 heavy (non-hydrogen) atoms. The van der Waals surface area contributed by atoms with Gasteiger partial charge in [0.15, 0.2) is 14.1 Å². The minimum atomic E-state index is -2.12. The van der Waals surface area contributed by atoms with Crippen LogP contribution in [0.4, 0.5) is 4.79 Å². The first-order chi connectivity index (χ1) is 13.0. The number of ether oxygens (including phenoxy) is 3. The number of hydrogen-bond donors (Lipinski definition) is 0. The zero-order chi connectivity index (χ0) is 22.3. The van der Waals surface area contributed by atoms with Crippen LogP contribution in [0.3, 0.4) is 0 Å². The lowest BCUT2D eigenvalue weighted by Crippen LogP contribution is -2.60. The average molecular weight is 430 g/mol. The Morgan fingerprint density at radius 3 is 2.21 bits per heavy atom. The molecule has 0 unspecified atom stereocenters. The van der Waals surface area contributed by atoms with Crippen LogP contribution < -0.4 is 0 Å². The van der Waals surface area contributed by atoms with Crippen molar-refractivity contribution in [3.05, 3.63) is 0 Å². The molecule has 168 valence electrons. The molecule has 0 bridgehead atoms. The molecule has 0 aromatic carbocycles. The topological polar surface area (TPSA) is 74.3 Å². The zero-order valence-electron chi connectivity index (χ0n) is 19.6. The lowest BCUT2D eigenvalue weighted by molar-refractivity contribution is -0.171. The van der Waals surface area contributed by atoms with Crippen LogP contribution in [-0.4, -0.2) is 62.0 Å². The van der Waals surface area contributed by atoms with E-state index in [1.165, 1.54) is 4.90 Å². The summed E-state index contributed by atoms with van der Waals surface area (Å²) in [4.78, 5) is 27.0. The van der Waals surface area contributed by atoms with E-state index in [-0.39, 0.29) is 23.5 Å². The standard InChI is InChI=1S/C21H39NO6Si/c1-19(2,3)27-18(24)22-15(14-21(7)25-12-13-26-21)16(10-11-17(22)23)28-29(8,9)20(4,5)6/h15-16H,10-14H2,1-9H3/t15-,16+/m0/s1. The second-order valence-electron chi connectivity index (χ2n) is 10.8. The van der Waals surface area contributed by atoms with Crippen LogP contribution in [0, 0.1) is 0 Å². The molecule has 0 aromatic heterocycles. The fourth-order valence-corrected chi connectivity index (χ4v) is 4.83. The summed E-state index contributed by atoms with van der Waals surface area (Å²) in [6.07, 6.45) is 0.291. The molecule has 0 N–H and O–H groups in total. The quantitative estimate of drug-likeness (QED) is 0.615. The van der Waals surface area contributed by atoms with Gasteiger partial charge in [-0.15, -0.1) is 0 Å². The molecule has 2 fully saturated rings. The van der Waals surface area contributed by atoms with E-state index in [1.807, 2.05) is 6.92 Å². The van der Waals surface area contributed by atoms with E-state index >= 15 is 0 Å². The maximum atomic E-state index is 13.0. The fraction of sp³-hybridized carbons (Fsp3) is 0.905. The van der Waals surface area contributed by atoms with E-state index in [9.17, 15) is 9.59 Å². The molecule has 2 amide bonds. The van der Waals surface area contributed by atoms with Crippen LogP contribution in [0.5, 0.6) is 0 Å². The molecule has 2 saturated heterocycles. The van der Waals surface area contributed by atoms with Gasteiger partial charge in [-0.1, -0.05) is 20.8 Å². The lowest BCUT2D eigenvalue weighted by Gasteiger charge is -2.47. The zero-order valence-corrected chi connectivity index (χ0v) is 20.6. The monoisotopic (exact) mass is 429 g/mol. The highest BCUT2D eigenvalue weighted by molar-refractivity contribution is 6.74. The van der Waals surface area contributed by atoms with Crippen LogP contribution in [-0.2, 0) is 23.4 Å². The number of likely N-dealkylation sites (tertiary alicyclic amines) is 1. The summed E-state index contributed by atoms with van der Waals surface area (Å²) in [5.41, 5.74) is -0.695. The summed E-state index contributed by atoms with van der Waals surface area (Å²) in [5, 5.41) is 0.0139. The lowest BCUT2D eigenvalue weighted by atomic mass is 9.93. The van der Waals surface area contributed by atoms with E-state index in [0.717, 1.165) is 0 Å². The number of rotatable bonds is 4. The Morgan fingerprint density at radius 1 is 1.17 bits per heavy atom. The molecular weight excluding hydrogens is 390 g/mol. The van der Waals surface area contributed by atoms with Crippen molar-refractivity contribution in [1.29, 1.82) is 0 Å². The smallest absolute Gasteiger partial charge is 0.417 e. The van der Waals surface area contributed by atoms with Crippen molar-refractivity contribution >= 4 is 20.3 Å². The van der Waals surface area contributed by atoms with E-state index in [1.54, 1.807) is 20.8 Å². The molecule has 0 spiro atoms. The van der Waals surface area contributed by atoms with Crippen molar-refractivity contribution in [3.8, 4) is 0 Å². The Bertz CT molecular complexity index is 616. The largest absolute Gasteiger partial charge is 0.443 e. The highest BCUT2D eigenvalue weighted by Gasteiger charge is 2.49. The Balaban J connectivity index is 2.35. The Morgan fingerprint density at radius 2 is 1.72 bits per heavy atom. The average Bonchev–Trinajstić information content (AvgIpc) is 2.93. The first-order valence-corrected chi connectivity index (χ1v) is 13.5. The third kappa shape index (κ3) is 6.03. The van der Waals surface area contributed by atoms with Crippen LogP contribution in [0.2, 0.25) is 18.1 Å². The Kier molecular flexibility index (Phi) is 6.94. The molecule has 0 radical (unpaired) electrons. The van der Waals surface area contributed by atoms with Gasteiger partial charge in [-0.2, -0.15) is 0 Å². The number of imide groups is 1. The van der Waals surface area contributed by atoms with E-state index < -0.39 is 31.8 Å². The van der Waals surface area contributed by atoms with E-state index in [0.29, 0.717) is 26.1 Å². The number of piperidine rings is 1. The van der Waals surface area contributed by atoms with Gasteiger partial charge in [0, 0.05) is 12.8 Å². The molecule has 2 heterocycles. The molecule has 0 aromatic rings. The summed E-state index contributed by atoms with van der Waals surface area (Å²) < 4.78 is 23.9. The van der Waals surface area contributed by atoms with Crippen molar-refractivity contribution < 1.29 is 28.2 Å². The maximum absolute atomic E-state index is 13.0. The first kappa shape index (κ1) is 24.3. The number of carbonyl (C=O) groups excluding carboxylic acids is 2. The van der Waals surface area contributed by atoms with Crippen LogP contribution >= 0.6 is 0 Å². The Hall–Kier alpha value is -0.963. The molecule has 2 atom stereocenters. The van der Waals surface area contributed by atoms with Crippen molar-refractivity contribution in [2.24, 2.45) is 0 Å². The number of hydrogen-bond acceptors (Lipinski definition) is 6. The third-order valence-corrected chi connectivity index (χ3v) is 10.5. The van der Waals surface area contributed by atoms with E-state index in [4.69, 9.17) is 18.6 Å². The van der Waals surface area contributed by atoms with Crippen molar-refractivity contribution in [1.82, 2.24) is 4.90 Å². The summed E-state index contributed by atoms with van der Waals surface area (Å²) >= 11 is 0. The molecule has 2 aliphatic heterocycles. The van der Waals surface area contributed by atoms with Gasteiger partial charge in [0.2, 0.25) is 5.91 Å². The van der Waals surface area contributed by atoms with Gasteiger partial charge in [0.1, 0.15) is 5.60 Å². The molecule has 2 rings (SSSR count). The van der Waals surface area contributed by atoms with Gasteiger partial charge in [-0.3, -0.25) is 4.79 Å². The minimum absolute atomic E-state index is 0.0139. The fourth-order valence-electron chi connectivity index (χ4n) is 3.45. The Labute approximate surface area is 176 Å². The number of amides is 2. The summed E-state index contributed by atoms with van der Waals surface area (Å²) in [6.45, 7) is 19.1. The van der Waals surface area contributed by atoms with E-state index in [2.05, 4.69) is 33.9 Å². The molecule has 7 nitrogen and oxygen atoms in total. The summed E-state index contributed by atoms with van der Waals surface area (Å²) in [6, 6.07) is -0.497. The molecule has 0 aliphatic carbocycles. The van der Waals surface area contributed by atoms with Crippen LogP contribution in [0.1, 0.15) is 67.7 Å². The van der Waals surface area contributed by atoms with Crippen LogP contribution in [0.15, 0.2) is 0 Å². The minimum Gasteiger partial charge on any atom is -0.443 e. The van der Waals surface area contributed by atoms with Gasteiger partial charge >= 0.3 is 6.09 Å². The van der Waals surface area contributed by atoms with Gasteiger partial charge in [0.05, 0.1) is 25.4 Å². The first-order valence-electron chi connectivity index (χ1n) is 10.6. The highest BCUT2D eigenvalue weighted by Crippen LogP contribution is 2.41. The van der Waals surface area contributed by atoms with Crippen molar-refractivity contribution in [2.75, 3.05) is 13.2 Å². The van der Waals surface area contributed by atoms with Gasteiger partial charge in [-0.05, 0) is 52.2 Å². The highest BCUT2D eigenvalue weighted by atomic mass is 28.4. The number of carbonyl (C=O) groups is 2. The van der Waals surface area contributed by atoms with Crippen molar-refractivity contribution in [3.63, 3.8) is 0 Å². The molecule has 2 aliphatic rings. The normalized spacial score (nSPS) is 26.0. The van der Waals surface area contributed by atoms with Gasteiger partial charge in [0.25, 0.3) is 0 Å². The molecular formula is C21H39NO6Si. The van der Waals surface area contributed by atoms with Gasteiger partial charge < -0.3 is 18.6 Å². The third-order valence-electron chi connectivity index (χ3n) is 5.99. The summed E-state index contributed by atoms with van der Waals surface area (Å²) in [7, 11) is -2.12. The molecule has 8 heteroatoms. The predicted octanol–water partition coefficient (Wildman–Crippen LogP) is 4.46.